The average Bonchev–Trinajstić information content (AvgIpc) is 2.29. The second kappa shape index (κ2) is 6.40. The Labute approximate surface area is 128 Å². The molecule has 8 heteroatoms. The lowest BCUT2D eigenvalue weighted by molar-refractivity contribution is -0.138. The molecular formula is C10H7Cl5O3. The van der Waals surface area contributed by atoms with Crippen molar-refractivity contribution in [3.8, 4) is 5.75 Å². The first-order valence-corrected chi connectivity index (χ1v) is 6.54. The summed E-state index contributed by atoms with van der Waals surface area (Å²) in [6, 6.07) is 0. The molecule has 1 aromatic rings. The van der Waals surface area contributed by atoms with E-state index in [1.165, 1.54) is 0 Å². The van der Waals surface area contributed by atoms with Crippen LogP contribution in [0, 0.1) is 0 Å². The molecule has 1 rings (SSSR count). The molecule has 0 aliphatic heterocycles. The monoisotopic (exact) mass is 350 g/mol. The number of carbonyl (C=O) groups is 1. The third kappa shape index (κ3) is 3.49. The number of aliphatic carboxylic acids is 1. The van der Waals surface area contributed by atoms with Crippen molar-refractivity contribution in [2.24, 2.45) is 0 Å². The summed E-state index contributed by atoms with van der Waals surface area (Å²) in [5, 5.41) is 8.65. The summed E-state index contributed by atoms with van der Waals surface area (Å²) < 4.78 is 5.33. The number of halogens is 5. The van der Waals surface area contributed by atoms with Gasteiger partial charge in [-0.1, -0.05) is 58.0 Å². The van der Waals surface area contributed by atoms with Crippen LogP contribution in [0.15, 0.2) is 0 Å². The van der Waals surface area contributed by atoms with E-state index in [4.69, 9.17) is 67.8 Å². The Morgan fingerprint density at radius 2 is 1.44 bits per heavy atom. The molecule has 1 atom stereocenters. The first-order valence-electron chi connectivity index (χ1n) is 4.65. The van der Waals surface area contributed by atoms with Crippen LogP contribution in [-0.4, -0.2) is 17.2 Å². The highest BCUT2D eigenvalue weighted by atomic mass is 35.5. The molecule has 0 aliphatic carbocycles. The molecule has 0 aliphatic rings. The molecule has 0 amide bonds. The maximum absolute atomic E-state index is 10.5. The Balaban J connectivity index is 3.13. The third-order valence-electron chi connectivity index (χ3n) is 1.95. The molecule has 0 bridgehead atoms. The number of benzene rings is 1. The number of hydrogen-bond donors (Lipinski definition) is 1. The first-order chi connectivity index (χ1) is 8.25. The van der Waals surface area contributed by atoms with Crippen LogP contribution in [0.4, 0.5) is 0 Å². The van der Waals surface area contributed by atoms with E-state index in [-0.39, 0.29) is 37.3 Å². The van der Waals surface area contributed by atoms with Crippen LogP contribution in [0.1, 0.15) is 13.3 Å². The maximum Gasteiger partial charge on any atom is 0.307 e. The highest BCUT2D eigenvalue weighted by Gasteiger charge is 2.22. The lowest BCUT2D eigenvalue weighted by atomic mass is 10.2. The van der Waals surface area contributed by atoms with Gasteiger partial charge < -0.3 is 9.84 Å². The van der Waals surface area contributed by atoms with Crippen LogP contribution in [-0.2, 0) is 4.79 Å². The standard InChI is InChI=1S/C10H7Cl5O3/c1-3(2-4(16)17)18-10-8(14)6(12)5(11)7(13)9(10)15/h3H,2H2,1H3,(H,16,17)/t3-/m0/s1. The molecule has 18 heavy (non-hydrogen) atoms. The molecule has 100 valence electrons. The molecule has 0 radical (unpaired) electrons. The van der Waals surface area contributed by atoms with Crippen molar-refractivity contribution in [1.82, 2.24) is 0 Å². The quantitative estimate of drug-likeness (QED) is 0.599. The number of carboxylic acid groups (broad SMARTS) is 1. The Kier molecular flexibility index (Phi) is 5.68. The minimum absolute atomic E-state index is 0.00487. The minimum atomic E-state index is -1.01. The molecule has 0 saturated heterocycles. The number of ether oxygens (including phenoxy) is 1. The van der Waals surface area contributed by atoms with Crippen LogP contribution >= 0.6 is 58.0 Å². The Morgan fingerprint density at radius 1 is 1.06 bits per heavy atom. The summed E-state index contributed by atoms with van der Waals surface area (Å²) in [6.07, 6.45) is -0.865. The summed E-state index contributed by atoms with van der Waals surface area (Å²) >= 11 is 29.3. The largest absolute Gasteiger partial charge is 0.487 e. The number of carboxylic acids is 1. The van der Waals surface area contributed by atoms with E-state index in [9.17, 15) is 4.79 Å². The lowest BCUT2D eigenvalue weighted by Gasteiger charge is -2.17. The lowest BCUT2D eigenvalue weighted by Crippen LogP contribution is -2.17. The van der Waals surface area contributed by atoms with Gasteiger partial charge in [-0.15, -0.1) is 0 Å². The molecule has 0 heterocycles. The van der Waals surface area contributed by atoms with Crippen LogP contribution < -0.4 is 4.74 Å². The van der Waals surface area contributed by atoms with Gasteiger partial charge in [0, 0.05) is 0 Å². The molecular weight excluding hydrogens is 345 g/mol. The fourth-order valence-corrected chi connectivity index (χ4v) is 2.39. The fraction of sp³-hybridized carbons (Fsp3) is 0.300. The molecule has 1 aromatic carbocycles. The number of rotatable bonds is 4. The van der Waals surface area contributed by atoms with E-state index >= 15 is 0 Å². The van der Waals surface area contributed by atoms with Crippen molar-refractivity contribution in [1.29, 1.82) is 0 Å². The molecule has 0 fully saturated rings. The normalized spacial score (nSPS) is 12.3. The first kappa shape index (κ1) is 16.0. The van der Waals surface area contributed by atoms with E-state index in [1.54, 1.807) is 6.92 Å². The maximum atomic E-state index is 10.5. The van der Waals surface area contributed by atoms with E-state index in [0.29, 0.717) is 0 Å². The SMILES string of the molecule is C[C@@H](CC(=O)O)Oc1c(Cl)c(Cl)c(Cl)c(Cl)c1Cl. The van der Waals surface area contributed by atoms with Crippen LogP contribution in [0.25, 0.3) is 0 Å². The van der Waals surface area contributed by atoms with Crippen molar-refractivity contribution >= 4 is 64.0 Å². The zero-order valence-electron chi connectivity index (χ0n) is 8.94. The Bertz CT molecular complexity index is 460. The van der Waals surface area contributed by atoms with Gasteiger partial charge in [0.1, 0.15) is 16.1 Å². The molecule has 3 nitrogen and oxygen atoms in total. The van der Waals surface area contributed by atoms with Crippen molar-refractivity contribution in [3.63, 3.8) is 0 Å². The predicted octanol–water partition coefficient (Wildman–Crippen LogP) is 5.20. The summed E-state index contributed by atoms with van der Waals surface area (Å²) in [5.74, 6) is -0.993. The Hall–Kier alpha value is -0.0600. The number of hydrogen-bond acceptors (Lipinski definition) is 2. The fourth-order valence-electron chi connectivity index (χ4n) is 1.18. The van der Waals surface area contributed by atoms with E-state index < -0.39 is 12.1 Å². The molecule has 0 unspecified atom stereocenters. The molecule has 1 N–H and O–H groups in total. The van der Waals surface area contributed by atoms with Crippen LogP contribution in [0.3, 0.4) is 0 Å². The van der Waals surface area contributed by atoms with E-state index in [0.717, 1.165) is 0 Å². The zero-order valence-corrected chi connectivity index (χ0v) is 12.7. The van der Waals surface area contributed by atoms with Crippen molar-refractivity contribution in [3.05, 3.63) is 25.1 Å². The van der Waals surface area contributed by atoms with Gasteiger partial charge in [-0.2, -0.15) is 0 Å². The van der Waals surface area contributed by atoms with Gasteiger partial charge in [0.15, 0.2) is 5.75 Å². The van der Waals surface area contributed by atoms with Crippen LogP contribution in [0.2, 0.25) is 25.1 Å². The average molecular weight is 352 g/mol. The van der Waals surface area contributed by atoms with Gasteiger partial charge in [-0.3, -0.25) is 4.79 Å². The van der Waals surface area contributed by atoms with E-state index in [2.05, 4.69) is 0 Å². The van der Waals surface area contributed by atoms with E-state index in [1.807, 2.05) is 0 Å². The van der Waals surface area contributed by atoms with Gasteiger partial charge in [0.2, 0.25) is 0 Å². The van der Waals surface area contributed by atoms with Crippen molar-refractivity contribution in [2.45, 2.75) is 19.4 Å². The minimum Gasteiger partial charge on any atom is -0.487 e. The van der Waals surface area contributed by atoms with Crippen LogP contribution in [0.5, 0.6) is 5.75 Å². The second-order valence-corrected chi connectivity index (χ2v) is 5.32. The Morgan fingerprint density at radius 3 is 1.83 bits per heavy atom. The smallest absolute Gasteiger partial charge is 0.307 e. The van der Waals surface area contributed by atoms with Crippen molar-refractivity contribution < 1.29 is 14.6 Å². The van der Waals surface area contributed by atoms with Gasteiger partial charge >= 0.3 is 5.97 Å². The van der Waals surface area contributed by atoms with Gasteiger partial charge in [0.05, 0.1) is 21.5 Å². The second-order valence-electron chi connectivity index (χ2n) is 3.43. The third-order valence-corrected chi connectivity index (χ3v) is 4.19. The van der Waals surface area contributed by atoms with Gasteiger partial charge in [-0.25, -0.2) is 0 Å². The zero-order chi connectivity index (χ0) is 14.0. The summed E-state index contributed by atoms with van der Waals surface area (Å²) in [5.41, 5.74) is 0. The molecule has 0 aromatic heterocycles. The molecule has 0 saturated carbocycles. The van der Waals surface area contributed by atoms with Gasteiger partial charge in [-0.05, 0) is 6.92 Å². The molecule has 0 spiro atoms. The highest BCUT2D eigenvalue weighted by molar-refractivity contribution is 6.55. The summed E-state index contributed by atoms with van der Waals surface area (Å²) in [4.78, 5) is 10.5. The van der Waals surface area contributed by atoms with Crippen molar-refractivity contribution in [2.75, 3.05) is 0 Å². The summed E-state index contributed by atoms with van der Waals surface area (Å²) in [6.45, 7) is 1.55. The summed E-state index contributed by atoms with van der Waals surface area (Å²) in [7, 11) is 0. The predicted molar refractivity (Wildman–Crippen MR) is 73.8 cm³/mol. The topological polar surface area (TPSA) is 46.5 Å². The van der Waals surface area contributed by atoms with Gasteiger partial charge in [0.25, 0.3) is 0 Å². The highest BCUT2D eigenvalue weighted by Crippen LogP contribution is 2.48.